The van der Waals surface area contributed by atoms with Crippen molar-refractivity contribution in [1.82, 2.24) is 5.32 Å². The molecular formula is C24H25FN2O3S. The normalized spacial score (nSPS) is 11.3. The Kier molecular flexibility index (Phi) is 7.41. The van der Waals surface area contributed by atoms with Gasteiger partial charge in [0.05, 0.1) is 18.0 Å². The van der Waals surface area contributed by atoms with E-state index in [9.17, 15) is 17.6 Å². The van der Waals surface area contributed by atoms with Crippen LogP contribution in [-0.4, -0.2) is 27.1 Å². The van der Waals surface area contributed by atoms with Crippen LogP contribution >= 0.6 is 0 Å². The lowest BCUT2D eigenvalue weighted by molar-refractivity contribution is -0.121. The van der Waals surface area contributed by atoms with Crippen molar-refractivity contribution >= 4 is 21.6 Å². The molecule has 0 unspecified atom stereocenters. The zero-order chi connectivity index (χ0) is 22.3. The van der Waals surface area contributed by atoms with Crippen molar-refractivity contribution in [3.05, 3.63) is 102 Å². The van der Waals surface area contributed by atoms with Gasteiger partial charge >= 0.3 is 0 Å². The van der Waals surface area contributed by atoms with Crippen LogP contribution < -0.4 is 9.62 Å². The minimum atomic E-state index is -3.56. The monoisotopic (exact) mass is 440 g/mol. The molecule has 0 aromatic heterocycles. The number of sulfonamides is 1. The van der Waals surface area contributed by atoms with E-state index < -0.39 is 15.8 Å². The Bertz CT molecular complexity index is 1050. The van der Waals surface area contributed by atoms with Gasteiger partial charge in [-0.15, -0.1) is 0 Å². The molecule has 0 saturated carbocycles. The predicted octanol–water partition coefficient (Wildman–Crippen LogP) is 4.28. The van der Waals surface area contributed by atoms with Gasteiger partial charge in [-0.05, 0) is 41.8 Å². The molecule has 162 valence electrons. The maximum absolute atomic E-state index is 13.2. The van der Waals surface area contributed by atoms with Crippen LogP contribution in [0.1, 0.15) is 30.0 Å². The van der Waals surface area contributed by atoms with E-state index in [-0.39, 0.29) is 24.9 Å². The molecule has 0 heterocycles. The lowest BCUT2D eigenvalue weighted by Crippen LogP contribution is -2.33. The molecule has 1 N–H and O–H groups in total. The van der Waals surface area contributed by atoms with Gasteiger partial charge < -0.3 is 5.32 Å². The fraction of sp³-hybridized carbons (Fsp3) is 0.208. The fourth-order valence-corrected chi connectivity index (χ4v) is 4.33. The number of benzene rings is 3. The van der Waals surface area contributed by atoms with Crippen LogP contribution in [0.5, 0.6) is 0 Å². The Balaban J connectivity index is 1.66. The smallest absolute Gasteiger partial charge is 0.232 e. The van der Waals surface area contributed by atoms with Crippen LogP contribution in [0.3, 0.4) is 0 Å². The Labute approximate surface area is 182 Å². The number of hydrogen-bond acceptors (Lipinski definition) is 3. The van der Waals surface area contributed by atoms with Gasteiger partial charge in [0.1, 0.15) is 5.82 Å². The molecule has 0 saturated heterocycles. The first-order valence-corrected chi connectivity index (χ1v) is 11.8. The third-order valence-corrected chi connectivity index (χ3v) is 6.05. The first-order valence-electron chi connectivity index (χ1n) is 9.97. The number of carbonyl (C=O) groups is 1. The summed E-state index contributed by atoms with van der Waals surface area (Å²) in [5.41, 5.74) is 2.30. The van der Waals surface area contributed by atoms with Gasteiger partial charge in [0.25, 0.3) is 0 Å². The molecule has 0 aliphatic rings. The zero-order valence-electron chi connectivity index (χ0n) is 17.2. The summed E-state index contributed by atoms with van der Waals surface area (Å²) in [4.78, 5) is 12.7. The predicted molar refractivity (Wildman–Crippen MR) is 121 cm³/mol. The van der Waals surface area contributed by atoms with Crippen molar-refractivity contribution in [3.63, 3.8) is 0 Å². The summed E-state index contributed by atoms with van der Waals surface area (Å²) in [6, 6.07) is 24.3. The lowest BCUT2D eigenvalue weighted by Gasteiger charge is -2.23. The lowest BCUT2D eigenvalue weighted by atomic mass is 9.98. The van der Waals surface area contributed by atoms with E-state index in [1.807, 2.05) is 60.7 Å². The molecule has 0 spiro atoms. The summed E-state index contributed by atoms with van der Waals surface area (Å²) in [5, 5.41) is 3.05. The number of nitrogens with one attached hydrogen (secondary N) is 1. The van der Waals surface area contributed by atoms with E-state index >= 15 is 0 Å². The number of rotatable bonds is 9. The average Bonchev–Trinajstić information content (AvgIpc) is 2.76. The van der Waals surface area contributed by atoms with Crippen LogP contribution in [0.25, 0.3) is 0 Å². The van der Waals surface area contributed by atoms with Gasteiger partial charge in [-0.3, -0.25) is 9.10 Å². The summed E-state index contributed by atoms with van der Waals surface area (Å²) in [6.07, 6.45) is 1.58. The highest BCUT2D eigenvalue weighted by Gasteiger charge is 2.19. The Morgan fingerprint density at radius 3 is 1.90 bits per heavy atom. The Morgan fingerprint density at radius 1 is 0.903 bits per heavy atom. The van der Waals surface area contributed by atoms with Crippen molar-refractivity contribution in [1.29, 1.82) is 0 Å². The van der Waals surface area contributed by atoms with Gasteiger partial charge in [0.2, 0.25) is 15.9 Å². The maximum atomic E-state index is 13.2. The molecule has 0 aliphatic carbocycles. The number of amides is 1. The van der Waals surface area contributed by atoms with Crippen LogP contribution in [0.4, 0.5) is 10.1 Å². The van der Waals surface area contributed by atoms with Crippen molar-refractivity contribution in [3.8, 4) is 0 Å². The summed E-state index contributed by atoms with van der Waals surface area (Å²) < 4.78 is 38.7. The number of hydrogen-bond donors (Lipinski definition) is 1. The molecule has 3 rings (SSSR count). The first kappa shape index (κ1) is 22.5. The quantitative estimate of drug-likeness (QED) is 0.540. The molecule has 0 aliphatic heterocycles. The van der Waals surface area contributed by atoms with Crippen LogP contribution in [-0.2, 0) is 14.8 Å². The number of carbonyl (C=O) groups excluding carboxylic acids is 1. The fourth-order valence-electron chi connectivity index (χ4n) is 3.36. The number of nitrogens with zero attached hydrogens (tertiary/aromatic N) is 1. The van der Waals surface area contributed by atoms with E-state index in [4.69, 9.17) is 0 Å². The van der Waals surface area contributed by atoms with Crippen molar-refractivity contribution in [2.45, 2.75) is 18.9 Å². The Morgan fingerprint density at radius 2 is 1.42 bits per heavy atom. The average molecular weight is 441 g/mol. The second-order valence-corrected chi connectivity index (χ2v) is 9.14. The molecule has 1 amide bonds. The van der Waals surface area contributed by atoms with E-state index in [1.54, 1.807) is 0 Å². The molecular weight excluding hydrogens is 415 g/mol. The van der Waals surface area contributed by atoms with Crippen LogP contribution in [0, 0.1) is 5.82 Å². The molecule has 3 aromatic rings. The highest BCUT2D eigenvalue weighted by Crippen LogP contribution is 2.22. The summed E-state index contributed by atoms with van der Waals surface area (Å²) in [7, 11) is -3.56. The summed E-state index contributed by atoms with van der Waals surface area (Å²) >= 11 is 0. The second kappa shape index (κ2) is 10.2. The second-order valence-electron chi connectivity index (χ2n) is 7.24. The minimum Gasteiger partial charge on any atom is -0.345 e. The van der Waals surface area contributed by atoms with Gasteiger partial charge in [-0.1, -0.05) is 60.7 Å². The van der Waals surface area contributed by atoms with Gasteiger partial charge in [0.15, 0.2) is 0 Å². The van der Waals surface area contributed by atoms with Crippen LogP contribution in [0.2, 0.25) is 0 Å². The largest absolute Gasteiger partial charge is 0.345 e. The maximum Gasteiger partial charge on any atom is 0.232 e. The van der Waals surface area contributed by atoms with Crippen molar-refractivity contribution in [2.75, 3.05) is 17.1 Å². The number of halogens is 1. The van der Waals surface area contributed by atoms with Crippen molar-refractivity contribution in [2.24, 2.45) is 0 Å². The molecule has 0 bridgehead atoms. The van der Waals surface area contributed by atoms with Gasteiger partial charge in [-0.25, -0.2) is 12.8 Å². The van der Waals surface area contributed by atoms with E-state index in [0.717, 1.165) is 17.4 Å². The molecule has 3 aromatic carbocycles. The summed E-state index contributed by atoms with van der Waals surface area (Å²) in [5.74, 6) is -0.616. The molecule has 7 heteroatoms. The van der Waals surface area contributed by atoms with E-state index in [2.05, 4.69) is 5.32 Å². The topological polar surface area (TPSA) is 66.5 Å². The van der Waals surface area contributed by atoms with Crippen molar-refractivity contribution < 1.29 is 17.6 Å². The molecule has 5 nitrogen and oxygen atoms in total. The van der Waals surface area contributed by atoms with E-state index in [0.29, 0.717) is 12.1 Å². The molecule has 0 radical (unpaired) electrons. The molecule has 31 heavy (non-hydrogen) atoms. The van der Waals surface area contributed by atoms with Crippen LogP contribution in [0.15, 0.2) is 84.9 Å². The molecule has 0 fully saturated rings. The minimum absolute atomic E-state index is 0.124. The van der Waals surface area contributed by atoms with E-state index in [1.165, 1.54) is 28.6 Å². The third-order valence-electron chi connectivity index (χ3n) is 4.85. The first-order chi connectivity index (χ1) is 14.8. The highest BCUT2D eigenvalue weighted by atomic mass is 32.2. The standard InChI is InChI=1S/C24H25FN2O3S/c1-31(29,30)27(22-16-14-21(25)15-17-22)18-8-13-23(28)26-24(19-9-4-2-5-10-19)20-11-6-3-7-12-20/h2-7,9-12,14-17,24H,8,13,18H2,1H3,(H,26,28). The third kappa shape index (κ3) is 6.39. The van der Waals surface area contributed by atoms with Gasteiger partial charge in [-0.2, -0.15) is 0 Å². The Hall–Kier alpha value is -3.19. The molecule has 0 atom stereocenters. The SMILES string of the molecule is CS(=O)(=O)N(CCCC(=O)NC(c1ccccc1)c1ccccc1)c1ccc(F)cc1. The van der Waals surface area contributed by atoms with Gasteiger partial charge in [0, 0.05) is 13.0 Å². The summed E-state index contributed by atoms with van der Waals surface area (Å²) in [6.45, 7) is 0.124. The number of anilines is 1. The highest BCUT2D eigenvalue weighted by molar-refractivity contribution is 7.92. The zero-order valence-corrected chi connectivity index (χ0v) is 18.1.